The van der Waals surface area contributed by atoms with Crippen molar-refractivity contribution in [2.45, 2.75) is 22.8 Å². The lowest BCUT2D eigenvalue weighted by Crippen LogP contribution is -2.30. The first-order chi connectivity index (χ1) is 14.3. The number of hydrogen-bond donors (Lipinski definition) is 2. The van der Waals surface area contributed by atoms with E-state index < -0.39 is 36.0 Å². The van der Waals surface area contributed by atoms with E-state index >= 15 is 0 Å². The van der Waals surface area contributed by atoms with Crippen LogP contribution in [-0.2, 0) is 41.4 Å². The molecule has 0 atom stereocenters. The molecule has 2 aromatic rings. The average molecular weight is 490 g/mol. The first kappa shape index (κ1) is 23.1. The molecule has 0 aromatic heterocycles. The van der Waals surface area contributed by atoms with Gasteiger partial charge in [-0.05, 0) is 35.9 Å². The second-order valence-corrected chi connectivity index (χ2v) is 11.8. The Balaban J connectivity index is 1.90. The molecule has 14 heteroatoms. The molecular formula is C17H19N3O8S3. The normalized spacial score (nSPS) is 16.5. The number of benzene rings is 2. The Hall–Kier alpha value is -2.52. The molecule has 1 fully saturated rings. The fourth-order valence-electron chi connectivity index (χ4n) is 2.92. The number of anilines is 1. The van der Waals surface area contributed by atoms with Gasteiger partial charge in [-0.25, -0.2) is 39.4 Å². The fraction of sp³-hybridized carbons (Fsp3) is 0.235. The monoisotopic (exact) mass is 489 g/mol. The summed E-state index contributed by atoms with van der Waals surface area (Å²) < 4.78 is 80.6. The maximum absolute atomic E-state index is 12.9. The molecule has 11 nitrogen and oxygen atoms in total. The summed E-state index contributed by atoms with van der Waals surface area (Å²) in [5.74, 6) is -1.06. The molecule has 1 amide bonds. The Morgan fingerprint density at radius 2 is 1.74 bits per heavy atom. The van der Waals surface area contributed by atoms with Crippen molar-refractivity contribution >= 4 is 41.7 Å². The lowest BCUT2D eigenvalue weighted by atomic mass is 10.2. The number of nitrogens with two attached hydrogens (primary N) is 1. The van der Waals surface area contributed by atoms with Crippen molar-refractivity contribution in [3.8, 4) is 5.75 Å². The van der Waals surface area contributed by atoms with Crippen LogP contribution < -0.4 is 18.9 Å². The molecule has 168 valence electrons. The van der Waals surface area contributed by atoms with Crippen LogP contribution in [0.1, 0.15) is 12.0 Å². The lowest BCUT2D eigenvalue weighted by Gasteiger charge is -2.18. The first-order valence-electron chi connectivity index (χ1n) is 8.70. The molecule has 3 rings (SSSR count). The van der Waals surface area contributed by atoms with Gasteiger partial charge in [0.1, 0.15) is 10.6 Å². The van der Waals surface area contributed by atoms with Gasteiger partial charge in [-0.1, -0.05) is 12.1 Å². The van der Waals surface area contributed by atoms with Crippen LogP contribution in [0.3, 0.4) is 0 Å². The predicted octanol–water partition coefficient (Wildman–Crippen LogP) is -0.112. The number of amides is 1. The summed E-state index contributed by atoms with van der Waals surface area (Å²) >= 11 is 0. The van der Waals surface area contributed by atoms with Crippen LogP contribution in [0.15, 0.2) is 52.3 Å². The molecule has 0 radical (unpaired) electrons. The highest BCUT2D eigenvalue weighted by molar-refractivity contribution is 7.94. The smallest absolute Gasteiger partial charge is 0.244 e. The van der Waals surface area contributed by atoms with E-state index in [1.165, 1.54) is 43.5 Å². The van der Waals surface area contributed by atoms with Crippen LogP contribution in [0.4, 0.5) is 5.69 Å². The van der Waals surface area contributed by atoms with Crippen LogP contribution in [-0.4, -0.2) is 44.0 Å². The standard InChI is InChI=1S/C17H19N3O8S3/c1-28-15-7-4-13(20-17(21)8-9-29(20,22)23)10-16(15)31(26,27)19-11-12-2-5-14(6-3-12)30(18,24)25/h2-7,10,19H,8-9,11H2,1H3,(H2,18,24,25). The van der Waals surface area contributed by atoms with Gasteiger partial charge in [0.05, 0.1) is 23.4 Å². The number of ether oxygens (including phenoxy) is 1. The van der Waals surface area contributed by atoms with Gasteiger partial charge in [-0.2, -0.15) is 0 Å². The van der Waals surface area contributed by atoms with Gasteiger partial charge in [0, 0.05) is 13.0 Å². The average Bonchev–Trinajstić information content (AvgIpc) is 2.98. The van der Waals surface area contributed by atoms with E-state index in [-0.39, 0.29) is 39.9 Å². The summed E-state index contributed by atoms with van der Waals surface area (Å²) in [5.41, 5.74) is 0.338. The second kappa shape index (κ2) is 8.20. The van der Waals surface area contributed by atoms with E-state index in [2.05, 4.69) is 4.72 Å². The Morgan fingerprint density at radius 1 is 1.10 bits per heavy atom. The predicted molar refractivity (Wildman–Crippen MR) is 111 cm³/mol. The number of carbonyl (C=O) groups is 1. The summed E-state index contributed by atoms with van der Waals surface area (Å²) in [6.07, 6.45) is -0.191. The van der Waals surface area contributed by atoms with Crippen molar-refractivity contribution in [3.05, 3.63) is 48.0 Å². The Bertz CT molecular complexity index is 1340. The van der Waals surface area contributed by atoms with E-state index in [1.54, 1.807) is 0 Å². The van der Waals surface area contributed by atoms with Crippen LogP contribution in [0, 0.1) is 0 Å². The highest BCUT2D eigenvalue weighted by Crippen LogP contribution is 2.32. The lowest BCUT2D eigenvalue weighted by molar-refractivity contribution is -0.116. The molecule has 2 aromatic carbocycles. The first-order valence-corrected chi connectivity index (χ1v) is 13.3. The van der Waals surface area contributed by atoms with E-state index in [0.29, 0.717) is 9.87 Å². The molecule has 1 aliphatic heterocycles. The molecule has 3 N–H and O–H groups in total. The topological polar surface area (TPSA) is 170 Å². The highest BCUT2D eigenvalue weighted by Gasteiger charge is 2.37. The van der Waals surface area contributed by atoms with Gasteiger partial charge >= 0.3 is 0 Å². The number of methoxy groups -OCH3 is 1. The maximum atomic E-state index is 12.9. The summed E-state index contributed by atoms with van der Waals surface area (Å²) in [6.45, 7) is -0.193. The molecular weight excluding hydrogens is 470 g/mol. The van der Waals surface area contributed by atoms with Gasteiger partial charge in [-0.15, -0.1) is 0 Å². The van der Waals surface area contributed by atoms with Gasteiger partial charge in [0.15, 0.2) is 0 Å². The summed E-state index contributed by atoms with van der Waals surface area (Å²) in [7, 11) is -10.7. The van der Waals surface area contributed by atoms with E-state index in [0.717, 1.165) is 6.07 Å². The van der Waals surface area contributed by atoms with Crippen LogP contribution >= 0.6 is 0 Å². The third-order valence-corrected chi connectivity index (χ3v) is 8.51. The van der Waals surface area contributed by atoms with E-state index in [9.17, 15) is 30.0 Å². The molecule has 1 aliphatic rings. The third kappa shape index (κ3) is 4.88. The van der Waals surface area contributed by atoms with Gasteiger partial charge in [-0.3, -0.25) is 4.79 Å². The van der Waals surface area contributed by atoms with Crippen molar-refractivity contribution in [2.24, 2.45) is 5.14 Å². The van der Waals surface area contributed by atoms with Gasteiger partial charge in [0.25, 0.3) is 0 Å². The SMILES string of the molecule is COc1ccc(N2C(=O)CCS2(=O)=O)cc1S(=O)(=O)NCc1ccc(S(N)(=O)=O)cc1. The number of hydrogen-bond acceptors (Lipinski definition) is 8. The number of primary sulfonamides is 1. The molecule has 1 saturated heterocycles. The highest BCUT2D eigenvalue weighted by atomic mass is 32.2. The maximum Gasteiger partial charge on any atom is 0.244 e. The van der Waals surface area contributed by atoms with Crippen molar-refractivity contribution in [1.29, 1.82) is 0 Å². The Morgan fingerprint density at radius 3 is 2.26 bits per heavy atom. The third-order valence-electron chi connectivity index (χ3n) is 4.47. The molecule has 0 bridgehead atoms. The zero-order chi connectivity index (χ0) is 23.0. The van der Waals surface area contributed by atoms with Crippen molar-refractivity contribution in [3.63, 3.8) is 0 Å². The molecule has 0 unspecified atom stereocenters. The van der Waals surface area contributed by atoms with Crippen molar-refractivity contribution in [2.75, 3.05) is 17.2 Å². The number of sulfonamides is 3. The van der Waals surface area contributed by atoms with Crippen molar-refractivity contribution in [1.82, 2.24) is 4.72 Å². The van der Waals surface area contributed by atoms with Crippen molar-refractivity contribution < 1.29 is 34.8 Å². The van der Waals surface area contributed by atoms with E-state index in [4.69, 9.17) is 9.88 Å². The summed E-state index contributed by atoms with van der Waals surface area (Å²) in [4.78, 5) is 11.5. The van der Waals surface area contributed by atoms with Crippen LogP contribution in [0.5, 0.6) is 5.75 Å². The summed E-state index contributed by atoms with van der Waals surface area (Å²) in [6, 6.07) is 8.85. The van der Waals surface area contributed by atoms with Crippen LogP contribution in [0.2, 0.25) is 0 Å². The van der Waals surface area contributed by atoms with E-state index in [1.807, 2.05) is 0 Å². The zero-order valence-corrected chi connectivity index (χ0v) is 18.6. The quantitative estimate of drug-likeness (QED) is 0.542. The summed E-state index contributed by atoms with van der Waals surface area (Å²) in [5, 5.41) is 5.03. The molecule has 1 heterocycles. The molecule has 0 spiro atoms. The van der Waals surface area contributed by atoms with Gasteiger partial charge in [0.2, 0.25) is 36.0 Å². The molecule has 0 aliphatic carbocycles. The molecule has 0 saturated carbocycles. The minimum absolute atomic E-state index is 0.0510. The number of rotatable bonds is 7. The Kier molecular flexibility index (Phi) is 6.12. The van der Waals surface area contributed by atoms with Crippen LogP contribution in [0.25, 0.3) is 0 Å². The zero-order valence-electron chi connectivity index (χ0n) is 16.2. The second-order valence-electron chi connectivity index (χ2n) is 6.57. The number of carbonyl (C=O) groups excluding carboxylic acids is 1. The molecule has 31 heavy (non-hydrogen) atoms. The largest absolute Gasteiger partial charge is 0.495 e. The fourth-order valence-corrected chi connectivity index (χ4v) is 6.09. The number of nitrogens with one attached hydrogen (secondary N) is 1. The number of nitrogens with zero attached hydrogens (tertiary/aromatic N) is 1. The minimum Gasteiger partial charge on any atom is -0.495 e. The van der Waals surface area contributed by atoms with Gasteiger partial charge < -0.3 is 4.74 Å². The Labute approximate surface area is 180 Å². The minimum atomic E-state index is -4.20.